The molecular weight excluding hydrogens is 332 g/mol. The summed E-state index contributed by atoms with van der Waals surface area (Å²) >= 11 is 3.46. The van der Waals surface area contributed by atoms with Gasteiger partial charge < -0.3 is 15.3 Å². The first-order chi connectivity index (χ1) is 10.2. The maximum Gasteiger partial charge on any atom is 0.120 e. The lowest BCUT2D eigenvalue weighted by Crippen LogP contribution is -2.48. The normalized spacial score (nSPS) is 19.3. The highest BCUT2D eigenvalue weighted by Crippen LogP contribution is 2.23. The summed E-state index contributed by atoms with van der Waals surface area (Å²) in [6.07, 6.45) is 3.89. The van der Waals surface area contributed by atoms with Crippen molar-refractivity contribution in [3.8, 4) is 5.75 Å². The van der Waals surface area contributed by atoms with E-state index in [0.29, 0.717) is 12.4 Å². The van der Waals surface area contributed by atoms with Crippen molar-refractivity contribution in [3.63, 3.8) is 0 Å². The van der Waals surface area contributed by atoms with Crippen molar-refractivity contribution in [2.45, 2.75) is 6.54 Å². The Balaban J connectivity index is 1.57. The molecule has 0 atom stereocenters. The van der Waals surface area contributed by atoms with Crippen LogP contribution in [0.4, 0.5) is 0 Å². The average Bonchev–Trinajstić information content (AvgIpc) is 2.53. The molecule has 1 fully saturated rings. The minimum absolute atomic E-state index is 0.369. The number of halogens is 1. The molecule has 21 heavy (non-hydrogen) atoms. The van der Waals surface area contributed by atoms with Gasteiger partial charge in [0.1, 0.15) is 18.2 Å². The first kappa shape index (κ1) is 14.4. The molecule has 0 aliphatic carbocycles. The number of phenols is 1. The summed E-state index contributed by atoms with van der Waals surface area (Å²) in [5.74, 6) is 1.53. The molecule has 0 radical (unpaired) electrons. The highest BCUT2D eigenvalue weighted by Gasteiger charge is 2.19. The molecule has 2 aliphatic rings. The number of benzene rings is 1. The maximum atomic E-state index is 9.93. The van der Waals surface area contributed by atoms with Crippen molar-refractivity contribution in [2.24, 2.45) is 4.99 Å². The van der Waals surface area contributed by atoms with Gasteiger partial charge in [-0.2, -0.15) is 0 Å². The van der Waals surface area contributed by atoms with Gasteiger partial charge in [-0.3, -0.25) is 9.89 Å². The Hall–Kier alpha value is -1.53. The predicted molar refractivity (Wildman–Crippen MR) is 87.2 cm³/mol. The van der Waals surface area contributed by atoms with Crippen LogP contribution in [-0.2, 0) is 6.54 Å². The van der Waals surface area contributed by atoms with Gasteiger partial charge in [-0.15, -0.1) is 0 Å². The summed E-state index contributed by atoms with van der Waals surface area (Å²) in [6, 6.07) is 5.59. The number of hydrogen-bond acceptors (Lipinski definition) is 5. The Kier molecular flexibility index (Phi) is 4.45. The highest BCUT2D eigenvalue weighted by molar-refractivity contribution is 9.10. The number of phenolic OH excluding ortho intramolecular Hbond substituents is 1. The van der Waals surface area contributed by atoms with Gasteiger partial charge in [0.15, 0.2) is 0 Å². The molecule has 0 spiro atoms. The molecule has 2 heterocycles. The summed E-state index contributed by atoms with van der Waals surface area (Å²) in [4.78, 5) is 8.85. The van der Waals surface area contributed by atoms with E-state index in [4.69, 9.17) is 0 Å². The third-order valence-electron chi connectivity index (χ3n) is 3.84. The Bertz CT molecular complexity index is 565. The molecule has 6 heteroatoms. The second kappa shape index (κ2) is 6.49. The number of rotatable bonds is 3. The van der Waals surface area contributed by atoms with Crippen LogP contribution in [-0.4, -0.2) is 54.0 Å². The molecule has 1 saturated heterocycles. The maximum absolute atomic E-state index is 9.93. The third-order valence-corrected chi connectivity index (χ3v) is 4.33. The van der Waals surface area contributed by atoms with Gasteiger partial charge in [-0.25, -0.2) is 0 Å². The largest absolute Gasteiger partial charge is 0.508 e. The quantitative estimate of drug-likeness (QED) is 0.871. The molecule has 0 aromatic heterocycles. The van der Waals surface area contributed by atoms with Crippen molar-refractivity contribution in [3.05, 3.63) is 40.1 Å². The zero-order chi connectivity index (χ0) is 14.7. The summed E-state index contributed by atoms with van der Waals surface area (Å²) in [6.45, 7) is 5.40. The molecule has 0 amide bonds. The molecule has 5 nitrogen and oxygen atoms in total. The molecule has 0 saturated carbocycles. The Morgan fingerprint density at radius 3 is 2.76 bits per heavy atom. The number of aromatic hydroxyl groups is 1. The van der Waals surface area contributed by atoms with Gasteiger partial charge in [0.25, 0.3) is 0 Å². The third kappa shape index (κ3) is 3.57. The molecule has 0 bridgehead atoms. The van der Waals surface area contributed by atoms with Crippen molar-refractivity contribution < 1.29 is 5.11 Å². The van der Waals surface area contributed by atoms with Crippen LogP contribution in [0, 0.1) is 0 Å². The van der Waals surface area contributed by atoms with Crippen LogP contribution in [0.25, 0.3) is 0 Å². The van der Waals surface area contributed by atoms with Crippen LogP contribution in [0.15, 0.2) is 39.6 Å². The lowest BCUT2D eigenvalue weighted by Gasteiger charge is -2.37. The standard InChI is InChI=1S/C15H19BrN4O/c16-13-1-2-14(21)12(9-13)10-19-5-7-20(8-6-19)15-3-4-17-11-18-15/h1-4,9,18,21H,5-8,10-11H2. The van der Waals surface area contributed by atoms with Gasteiger partial charge in [0.2, 0.25) is 0 Å². The number of nitrogens with zero attached hydrogens (tertiary/aromatic N) is 3. The fraction of sp³-hybridized carbons (Fsp3) is 0.400. The van der Waals surface area contributed by atoms with Gasteiger partial charge in [-0.05, 0) is 24.3 Å². The lowest BCUT2D eigenvalue weighted by atomic mass is 10.1. The van der Waals surface area contributed by atoms with E-state index < -0.39 is 0 Å². The van der Waals surface area contributed by atoms with Gasteiger partial charge in [-0.1, -0.05) is 15.9 Å². The monoisotopic (exact) mass is 350 g/mol. The van der Waals surface area contributed by atoms with E-state index >= 15 is 0 Å². The molecule has 2 N–H and O–H groups in total. The minimum Gasteiger partial charge on any atom is -0.508 e. The van der Waals surface area contributed by atoms with E-state index in [-0.39, 0.29) is 0 Å². The first-order valence-corrected chi connectivity index (χ1v) is 7.90. The second-order valence-electron chi connectivity index (χ2n) is 5.25. The Morgan fingerprint density at radius 2 is 2.05 bits per heavy atom. The first-order valence-electron chi connectivity index (χ1n) is 7.11. The van der Waals surface area contributed by atoms with Crippen molar-refractivity contribution >= 4 is 22.1 Å². The number of piperazine rings is 1. The summed E-state index contributed by atoms with van der Waals surface area (Å²) in [7, 11) is 0. The molecule has 0 unspecified atom stereocenters. The van der Waals surface area contributed by atoms with E-state index in [1.807, 2.05) is 24.4 Å². The molecule has 1 aromatic carbocycles. The van der Waals surface area contributed by atoms with Crippen molar-refractivity contribution in [1.29, 1.82) is 0 Å². The molecule has 2 aliphatic heterocycles. The van der Waals surface area contributed by atoms with Crippen LogP contribution in [0.5, 0.6) is 5.75 Å². The van der Waals surface area contributed by atoms with Crippen LogP contribution < -0.4 is 5.32 Å². The molecule has 112 valence electrons. The average molecular weight is 351 g/mol. The number of allylic oxidation sites excluding steroid dienone is 1. The van der Waals surface area contributed by atoms with E-state index in [2.05, 4.69) is 36.0 Å². The van der Waals surface area contributed by atoms with Crippen LogP contribution in [0.3, 0.4) is 0 Å². The van der Waals surface area contributed by atoms with Crippen molar-refractivity contribution in [1.82, 2.24) is 15.1 Å². The van der Waals surface area contributed by atoms with Crippen molar-refractivity contribution in [2.75, 3.05) is 32.8 Å². The minimum atomic E-state index is 0.369. The Labute approximate surface area is 133 Å². The fourth-order valence-electron chi connectivity index (χ4n) is 2.65. The zero-order valence-corrected chi connectivity index (χ0v) is 13.4. The van der Waals surface area contributed by atoms with E-state index in [9.17, 15) is 5.11 Å². The summed E-state index contributed by atoms with van der Waals surface area (Å²) < 4.78 is 1.00. The number of aliphatic imine (C=N–C) groups is 1. The van der Waals surface area contributed by atoms with Crippen LogP contribution in [0.2, 0.25) is 0 Å². The SMILES string of the molecule is Oc1ccc(Br)cc1CN1CCN(C2=CC=NCN2)CC1. The highest BCUT2D eigenvalue weighted by atomic mass is 79.9. The zero-order valence-electron chi connectivity index (χ0n) is 11.8. The predicted octanol–water partition coefficient (Wildman–Crippen LogP) is 1.75. The fourth-order valence-corrected chi connectivity index (χ4v) is 3.06. The van der Waals surface area contributed by atoms with E-state index in [1.54, 1.807) is 6.07 Å². The van der Waals surface area contributed by atoms with E-state index in [1.165, 1.54) is 0 Å². The second-order valence-corrected chi connectivity index (χ2v) is 6.17. The van der Waals surface area contributed by atoms with Gasteiger partial charge in [0.05, 0.1) is 0 Å². The van der Waals surface area contributed by atoms with Gasteiger partial charge in [0, 0.05) is 49.0 Å². The molecular formula is C15H19BrN4O. The summed E-state index contributed by atoms with van der Waals surface area (Å²) in [5.41, 5.74) is 0.972. The summed E-state index contributed by atoms with van der Waals surface area (Å²) in [5, 5.41) is 13.2. The van der Waals surface area contributed by atoms with E-state index in [0.717, 1.165) is 48.6 Å². The lowest BCUT2D eigenvalue weighted by molar-refractivity contribution is 0.145. The van der Waals surface area contributed by atoms with Crippen LogP contribution >= 0.6 is 15.9 Å². The smallest absolute Gasteiger partial charge is 0.120 e. The molecule has 1 aromatic rings. The number of hydrogen-bond donors (Lipinski definition) is 2. The molecule has 3 rings (SSSR count). The topological polar surface area (TPSA) is 51.1 Å². The van der Waals surface area contributed by atoms with Crippen LogP contribution in [0.1, 0.15) is 5.56 Å². The van der Waals surface area contributed by atoms with Gasteiger partial charge >= 0.3 is 0 Å². The number of nitrogens with one attached hydrogen (secondary N) is 1. The Morgan fingerprint density at radius 1 is 1.24 bits per heavy atom.